The Hall–Kier alpha value is -1.27. The van der Waals surface area contributed by atoms with E-state index in [9.17, 15) is 4.79 Å². The summed E-state index contributed by atoms with van der Waals surface area (Å²) in [5, 5.41) is 4.00. The van der Waals surface area contributed by atoms with Crippen LogP contribution in [0.15, 0.2) is 17.6 Å². The third kappa shape index (κ3) is 5.98. The Kier molecular flexibility index (Phi) is 6.92. The van der Waals surface area contributed by atoms with Crippen LogP contribution in [-0.4, -0.2) is 72.2 Å². The lowest BCUT2D eigenvalue weighted by atomic mass is 9.76. The number of hydrogen-bond acceptors (Lipinski definition) is 4. The highest BCUT2D eigenvalue weighted by Crippen LogP contribution is 2.31. The van der Waals surface area contributed by atoms with E-state index in [4.69, 9.17) is 17.2 Å². The van der Waals surface area contributed by atoms with E-state index in [0.29, 0.717) is 25.2 Å². The Bertz CT molecular complexity index is 507. The van der Waals surface area contributed by atoms with E-state index in [-0.39, 0.29) is 5.41 Å². The Morgan fingerprint density at radius 2 is 2.04 bits per heavy atom. The number of ketones is 1. The standard InChI is InChI=1S/C18H30N4OS/c1-4-5-20-17(24)22-10-8-21(9-11-22)7-6-19-15-12-16(23)14-18(2,3)13-15/h4H,1,5-14H2,2-3H3,(H,20,24). The fourth-order valence-electron chi connectivity index (χ4n) is 3.41. The third-order valence-corrected chi connectivity index (χ3v) is 4.97. The number of carbonyl (C=O) groups excluding carboxylic acids is 1. The number of thiocarbonyl (C=S) groups is 1. The molecule has 6 heteroatoms. The van der Waals surface area contributed by atoms with Crippen LogP contribution >= 0.6 is 12.2 Å². The van der Waals surface area contributed by atoms with E-state index in [1.54, 1.807) is 0 Å². The molecule has 0 amide bonds. The first-order valence-electron chi connectivity index (χ1n) is 8.79. The molecule has 1 aliphatic carbocycles. The number of nitrogens with zero attached hydrogens (tertiary/aromatic N) is 3. The van der Waals surface area contributed by atoms with Gasteiger partial charge in [0, 0.05) is 57.8 Å². The van der Waals surface area contributed by atoms with Gasteiger partial charge in [0.1, 0.15) is 5.78 Å². The summed E-state index contributed by atoms with van der Waals surface area (Å²) in [4.78, 5) is 21.2. The number of Topliss-reactive ketones (excluding diaryl/α,β-unsaturated/α-hetero) is 1. The quantitative estimate of drug-likeness (QED) is 0.606. The molecule has 1 aliphatic heterocycles. The van der Waals surface area contributed by atoms with E-state index < -0.39 is 0 Å². The van der Waals surface area contributed by atoms with Crippen LogP contribution in [0, 0.1) is 5.41 Å². The summed E-state index contributed by atoms with van der Waals surface area (Å²) in [5.74, 6) is 0.333. The van der Waals surface area contributed by atoms with Crippen LogP contribution < -0.4 is 5.32 Å². The number of aliphatic imine (C=N–C) groups is 1. The predicted octanol–water partition coefficient (Wildman–Crippen LogP) is 1.88. The van der Waals surface area contributed by atoms with Crippen LogP contribution in [0.4, 0.5) is 0 Å². The molecule has 2 rings (SSSR count). The molecule has 0 atom stereocenters. The van der Waals surface area contributed by atoms with E-state index in [1.165, 1.54) is 0 Å². The first-order valence-corrected chi connectivity index (χ1v) is 9.20. The molecular weight excluding hydrogens is 320 g/mol. The Labute approximate surface area is 151 Å². The molecule has 0 aromatic rings. The highest BCUT2D eigenvalue weighted by atomic mass is 32.1. The van der Waals surface area contributed by atoms with Crippen LogP contribution in [0.5, 0.6) is 0 Å². The molecule has 0 aromatic heterocycles. The van der Waals surface area contributed by atoms with Crippen LogP contribution in [0.25, 0.3) is 0 Å². The van der Waals surface area contributed by atoms with Crippen molar-refractivity contribution in [3.8, 4) is 0 Å². The van der Waals surface area contributed by atoms with Gasteiger partial charge in [-0.25, -0.2) is 0 Å². The van der Waals surface area contributed by atoms with Gasteiger partial charge in [0.05, 0.1) is 6.54 Å². The van der Waals surface area contributed by atoms with Crippen molar-refractivity contribution in [3.63, 3.8) is 0 Å². The molecule has 0 aromatic carbocycles. The average Bonchev–Trinajstić information content (AvgIpc) is 2.51. The number of nitrogens with one attached hydrogen (secondary N) is 1. The fraction of sp³-hybridized carbons (Fsp3) is 0.722. The monoisotopic (exact) mass is 350 g/mol. The van der Waals surface area contributed by atoms with Crippen molar-refractivity contribution in [1.82, 2.24) is 15.1 Å². The van der Waals surface area contributed by atoms with Gasteiger partial charge in [-0.2, -0.15) is 0 Å². The zero-order valence-corrected chi connectivity index (χ0v) is 15.8. The van der Waals surface area contributed by atoms with Crippen molar-refractivity contribution in [1.29, 1.82) is 0 Å². The molecule has 0 spiro atoms. The van der Waals surface area contributed by atoms with Gasteiger partial charge in [-0.3, -0.25) is 14.7 Å². The highest BCUT2D eigenvalue weighted by Gasteiger charge is 2.30. The predicted molar refractivity (Wildman–Crippen MR) is 104 cm³/mol. The molecule has 134 valence electrons. The van der Waals surface area contributed by atoms with Crippen molar-refractivity contribution in [2.45, 2.75) is 33.1 Å². The third-order valence-electron chi connectivity index (χ3n) is 4.57. The zero-order valence-electron chi connectivity index (χ0n) is 15.0. The van der Waals surface area contributed by atoms with Crippen molar-refractivity contribution in [3.05, 3.63) is 12.7 Å². The molecule has 24 heavy (non-hydrogen) atoms. The summed E-state index contributed by atoms with van der Waals surface area (Å²) in [6.45, 7) is 14.4. The molecule has 1 saturated heterocycles. The summed E-state index contributed by atoms with van der Waals surface area (Å²) >= 11 is 5.38. The van der Waals surface area contributed by atoms with Gasteiger partial charge in [-0.1, -0.05) is 19.9 Å². The lowest BCUT2D eigenvalue weighted by molar-refractivity contribution is -0.120. The Morgan fingerprint density at radius 3 is 2.67 bits per heavy atom. The highest BCUT2D eigenvalue weighted by molar-refractivity contribution is 7.80. The maximum absolute atomic E-state index is 11.8. The van der Waals surface area contributed by atoms with Gasteiger partial charge in [-0.05, 0) is 24.1 Å². The SMILES string of the molecule is C=CCNC(=S)N1CCN(CCN=C2CC(=O)CC(C)(C)C2)CC1. The maximum atomic E-state index is 11.8. The van der Waals surface area contributed by atoms with Crippen molar-refractivity contribution < 1.29 is 4.79 Å². The number of carbonyl (C=O) groups is 1. The molecule has 0 bridgehead atoms. The van der Waals surface area contributed by atoms with Crippen molar-refractivity contribution in [2.75, 3.05) is 45.8 Å². The van der Waals surface area contributed by atoms with Gasteiger partial charge < -0.3 is 10.2 Å². The van der Waals surface area contributed by atoms with Crippen LogP contribution in [0.2, 0.25) is 0 Å². The second-order valence-electron chi connectivity index (χ2n) is 7.48. The second-order valence-corrected chi connectivity index (χ2v) is 7.87. The van der Waals surface area contributed by atoms with E-state index in [2.05, 4.69) is 35.5 Å². The minimum atomic E-state index is 0.0773. The first-order chi connectivity index (χ1) is 11.4. The molecular formula is C18H30N4OS. The van der Waals surface area contributed by atoms with Gasteiger partial charge in [-0.15, -0.1) is 6.58 Å². The van der Waals surface area contributed by atoms with Crippen LogP contribution in [0.3, 0.4) is 0 Å². The molecule has 0 unspecified atom stereocenters. The Morgan fingerprint density at radius 1 is 1.33 bits per heavy atom. The van der Waals surface area contributed by atoms with E-state index in [0.717, 1.165) is 56.5 Å². The molecule has 2 fully saturated rings. The van der Waals surface area contributed by atoms with Crippen molar-refractivity contribution >= 4 is 28.8 Å². The molecule has 5 nitrogen and oxygen atoms in total. The van der Waals surface area contributed by atoms with Gasteiger partial charge in [0.25, 0.3) is 0 Å². The minimum Gasteiger partial charge on any atom is -0.359 e. The number of piperazine rings is 1. The molecule has 0 radical (unpaired) electrons. The molecule has 1 saturated carbocycles. The van der Waals surface area contributed by atoms with Gasteiger partial charge in [0.15, 0.2) is 5.11 Å². The molecule has 1 heterocycles. The normalized spacial score (nSPS) is 23.3. The molecule has 2 aliphatic rings. The lowest BCUT2D eigenvalue weighted by Crippen LogP contribution is -2.52. The minimum absolute atomic E-state index is 0.0773. The number of hydrogen-bond donors (Lipinski definition) is 1. The lowest BCUT2D eigenvalue weighted by Gasteiger charge is -2.36. The van der Waals surface area contributed by atoms with E-state index >= 15 is 0 Å². The van der Waals surface area contributed by atoms with Crippen LogP contribution in [0.1, 0.15) is 33.1 Å². The number of rotatable bonds is 5. The zero-order chi connectivity index (χ0) is 17.6. The second kappa shape index (κ2) is 8.72. The van der Waals surface area contributed by atoms with Gasteiger partial charge >= 0.3 is 0 Å². The fourth-order valence-corrected chi connectivity index (χ4v) is 3.67. The maximum Gasteiger partial charge on any atom is 0.169 e. The van der Waals surface area contributed by atoms with Crippen molar-refractivity contribution in [2.24, 2.45) is 10.4 Å². The van der Waals surface area contributed by atoms with Gasteiger partial charge in [0.2, 0.25) is 0 Å². The van der Waals surface area contributed by atoms with E-state index in [1.807, 2.05) is 6.08 Å². The smallest absolute Gasteiger partial charge is 0.169 e. The summed E-state index contributed by atoms with van der Waals surface area (Å²) < 4.78 is 0. The summed E-state index contributed by atoms with van der Waals surface area (Å²) in [7, 11) is 0. The summed E-state index contributed by atoms with van der Waals surface area (Å²) in [6.07, 6.45) is 4.02. The largest absolute Gasteiger partial charge is 0.359 e. The molecule has 1 N–H and O–H groups in total. The Balaban J connectivity index is 1.71. The average molecular weight is 351 g/mol. The summed E-state index contributed by atoms with van der Waals surface area (Å²) in [6, 6.07) is 0. The topological polar surface area (TPSA) is 47.9 Å². The first kappa shape index (κ1) is 19.1. The van der Waals surface area contributed by atoms with Crippen LogP contribution in [-0.2, 0) is 4.79 Å². The summed E-state index contributed by atoms with van der Waals surface area (Å²) in [5.41, 5.74) is 1.16.